The van der Waals surface area contributed by atoms with E-state index in [0.717, 1.165) is 29.1 Å². The second-order valence-corrected chi connectivity index (χ2v) is 4.72. The first kappa shape index (κ1) is 14.8. The van der Waals surface area contributed by atoms with Crippen molar-refractivity contribution in [2.45, 2.75) is 39.0 Å². The fourth-order valence-corrected chi connectivity index (χ4v) is 1.79. The Morgan fingerprint density at radius 3 is 2.56 bits per heavy atom. The molecule has 0 saturated heterocycles. The molecule has 1 aromatic rings. The lowest BCUT2D eigenvalue weighted by atomic mass is 10.1. The monoisotopic (exact) mass is 265 g/mol. The molecule has 0 aromatic heterocycles. The van der Waals surface area contributed by atoms with Crippen LogP contribution in [0.5, 0.6) is 0 Å². The first-order chi connectivity index (χ1) is 8.76. The molecular formula is C15H20ClNO. The van der Waals surface area contributed by atoms with Crippen molar-refractivity contribution in [1.29, 1.82) is 0 Å². The van der Waals surface area contributed by atoms with E-state index in [9.17, 15) is 0 Å². The minimum atomic E-state index is 0.723. The van der Waals surface area contributed by atoms with Crippen LogP contribution in [0, 0.1) is 0 Å². The summed E-state index contributed by atoms with van der Waals surface area (Å²) in [5, 5.41) is 13.0. The SMILES string of the molecule is CCCCCCC(/C=C\c1ccc(Cl)cc1)=N\O. The second kappa shape index (κ2) is 8.76. The molecule has 0 unspecified atom stereocenters. The van der Waals surface area contributed by atoms with E-state index in [1.165, 1.54) is 19.3 Å². The molecule has 0 amide bonds. The van der Waals surface area contributed by atoms with Crippen molar-refractivity contribution >= 4 is 23.4 Å². The minimum Gasteiger partial charge on any atom is -0.411 e. The molecule has 0 aliphatic carbocycles. The summed E-state index contributed by atoms with van der Waals surface area (Å²) in [6, 6.07) is 7.56. The summed E-state index contributed by atoms with van der Waals surface area (Å²) in [6.45, 7) is 2.18. The summed E-state index contributed by atoms with van der Waals surface area (Å²) in [5.74, 6) is 0. The fourth-order valence-electron chi connectivity index (χ4n) is 1.67. The van der Waals surface area contributed by atoms with Gasteiger partial charge in [-0.15, -0.1) is 0 Å². The van der Waals surface area contributed by atoms with E-state index in [-0.39, 0.29) is 0 Å². The first-order valence-electron chi connectivity index (χ1n) is 6.41. The van der Waals surface area contributed by atoms with Crippen LogP contribution >= 0.6 is 11.6 Å². The van der Waals surface area contributed by atoms with E-state index in [1.54, 1.807) is 0 Å². The highest BCUT2D eigenvalue weighted by atomic mass is 35.5. The average Bonchev–Trinajstić information content (AvgIpc) is 2.40. The number of benzene rings is 1. The Morgan fingerprint density at radius 1 is 1.22 bits per heavy atom. The van der Waals surface area contributed by atoms with Gasteiger partial charge in [-0.3, -0.25) is 0 Å². The number of nitrogens with zero attached hydrogens (tertiary/aromatic N) is 1. The zero-order valence-electron chi connectivity index (χ0n) is 10.8. The molecule has 0 aliphatic rings. The normalized spacial score (nSPS) is 12.2. The van der Waals surface area contributed by atoms with Crippen LogP contribution in [0.3, 0.4) is 0 Å². The van der Waals surface area contributed by atoms with E-state index in [4.69, 9.17) is 16.8 Å². The van der Waals surface area contributed by atoms with Crippen LogP contribution in [0.1, 0.15) is 44.6 Å². The smallest absolute Gasteiger partial charge is 0.0795 e. The van der Waals surface area contributed by atoms with Crippen molar-refractivity contribution < 1.29 is 5.21 Å². The van der Waals surface area contributed by atoms with E-state index < -0.39 is 0 Å². The molecule has 1 N–H and O–H groups in total. The Bertz CT molecular complexity index is 395. The van der Waals surface area contributed by atoms with Gasteiger partial charge in [0, 0.05) is 5.02 Å². The molecule has 0 bridgehead atoms. The predicted octanol–water partition coefficient (Wildman–Crippen LogP) is 5.15. The average molecular weight is 266 g/mol. The van der Waals surface area contributed by atoms with Crippen LogP contribution < -0.4 is 0 Å². The predicted molar refractivity (Wildman–Crippen MR) is 78.5 cm³/mol. The van der Waals surface area contributed by atoms with Gasteiger partial charge in [0.1, 0.15) is 0 Å². The van der Waals surface area contributed by atoms with Crippen LogP contribution in [0.4, 0.5) is 0 Å². The number of oxime groups is 1. The molecule has 1 aromatic carbocycles. The Hall–Kier alpha value is -1.28. The third kappa shape index (κ3) is 5.87. The Labute approximate surface area is 114 Å². The molecule has 0 heterocycles. The van der Waals surface area contributed by atoms with Crippen molar-refractivity contribution in [3.63, 3.8) is 0 Å². The maximum Gasteiger partial charge on any atom is 0.0795 e. The molecular weight excluding hydrogens is 246 g/mol. The highest BCUT2D eigenvalue weighted by Crippen LogP contribution is 2.11. The lowest BCUT2D eigenvalue weighted by Crippen LogP contribution is -1.93. The summed E-state index contributed by atoms with van der Waals surface area (Å²) in [4.78, 5) is 0. The number of hydrogen-bond donors (Lipinski definition) is 1. The van der Waals surface area contributed by atoms with Gasteiger partial charge in [-0.1, -0.05) is 61.2 Å². The summed E-state index contributed by atoms with van der Waals surface area (Å²) in [7, 11) is 0. The zero-order valence-corrected chi connectivity index (χ0v) is 11.5. The molecule has 0 atom stereocenters. The molecule has 0 fully saturated rings. The molecule has 0 aliphatic heterocycles. The molecule has 3 heteroatoms. The number of allylic oxidation sites excluding steroid dienone is 1. The topological polar surface area (TPSA) is 32.6 Å². The van der Waals surface area contributed by atoms with Gasteiger partial charge in [0.15, 0.2) is 0 Å². The largest absolute Gasteiger partial charge is 0.411 e. The van der Waals surface area contributed by atoms with Crippen LogP contribution in [-0.2, 0) is 0 Å². The van der Waals surface area contributed by atoms with Crippen molar-refractivity contribution in [1.82, 2.24) is 0 Å². The molecule has 0 spiro atoms. The number of unbranched alkanes of at least 4 members (excludes halogenated alkanes) is 3. The van der Waals surface area contributed by atoms with E-state index in [2.05, 4.69) is 12.1 Å². The lowest BCUT2D eigenvalue weighted by molar-refractivity contribution is 0.318. The summed E-state index contributed by atoms with van der Waals surface area (Å²) in [6.07, 6.45) is 9.31. The fraction of sp³-hybridized carbons (Fsp3) is 0.400. The highest BCUT2D eigenvalue weighted by Gasteiger charge is 1.96. The van der Waals surface area contributed by atoms with Crippen molar-refractivity contribution in [3.05, 3.63) is 40.9 Å². The van der Waals surface area contributed by atoms with Crippen LogP contribution in [0.2, 0.25) is 5.02 Å². The van der Waals surface area contributed by atoms with Gasteiger partial charge < -0.3 is 5.21 Å². The van der Waals surface area contributed by atoms with Gasteiger partial charge in [0.05, 0.1) is 5.71 Å². The number of halogens is 1. The van der Waals surface area contributed by atoms with E-state index in [1.807, 2.05) is 36.4 Å². The summed E-state index contributed by atoms with van der Waals surface area (Å²) < 4.78 is 0. The quantitative estimate of drug-likeness (QED) is 0.314. The molecule has 0 radical (unpaired) electrons. The van der Waals surface area contributed by atoms with Gasteiger partial charge in [0.25, 0.3) is 0 Å². The molecule has 0 saturated carbocycles. The first-order valence-corrected chi connectivity index (χ1v) is 6.78. The van der Waals surface area contributed by atoms with Gasteiger partial charge in [0.2, 0.25) is 0 Å². The lowest BCUT2D eigenvalue weighted by Gasteiger charge is -1.99. The molecule has 98 valence electrons. The van der Waals surface area contributed by atoms with Crippen LogP contribution in [0.15, 0.2) is 35.5 Å². The number of hydrogen-bond acceptors (Lipinski definition) is 2. The third-order valence-electron chi connectivity index (χ3n) is 2.75. The second-order valence-electron chi connectivity index (χ2n) is 4.29. The summed E-state index contributed by atoms with van der Waals surface area (Å²) in [5.41, 5.74) is 1.77. The van der Waals surface area contributed by atoms with Gasteiger partial charge in [-0.25, -0.2) is 0 Å². The van der Waals surface area contributed by atoms with Crippen molar-refractivity contribution in [2.75, 3.05) is 0 Å². The van der Waals surface area contributed by atoms with Gasteiger partial charge in [-0.2, -0.15) is 0 Å². The van der Waals surface area contributed by atoms with Crippen molar-refractivity contribution in [2.24, 2.45) is 5.16 Å². The standard InChI is InChI=1S/C15H20ClNO/c1-2-3-4-5-6-15(17-18)12-9-13-7-10-14(16)11-8-13/h7-12,18H,2-6H2,1H3/b12-9-,17-15+. The molecule has 2 nitrogen and oxygen atoms in total. The van der Waals surface area contributed by atoms with E-state index in [0.29, 0.717) is 0 Å². The third-order valence-corrected chi connectivity index (χ3v) is 3.01. The molecule has 18 heavy (non-hydrogen) atoms. The number of rotatable bonds is 7. The van der Waals surface area contributed by atoms with Crippen LogP contribution in [-0.4, -0.2) is 10.9 Å². The van der Waals surface area contributed by atoms with Gasteiger partial charge >= 0.3 is 0 Å². The van der Waals surface area contributed by atoms with Gasteiger partial charge in [-0.05, 0) is 36.6 Å². The Morgan fingerprint density at radius 2 is 1.94 bits per heavy atom. The Kier molecular flexibility index (Phi) is 7.19. The maximum atomic E-state index is 8.92. The minimum absolute atomic E-state index is 0.723. The van der Waals surface area contributed by atoms with E-state index >= 15 is 0 Å². The molecule has 1 rings (SSSR count). The van der Waals surface area contributed by atoms with Crippen LogP contribution in [0.25, 0.3) is 6.08 Å². The highest BCUT2D eigenvalue weighted by molar-refractivity contribution is 6.30. The maximum absolute atomic E-state index is 8.92. The Balaban J connectivity index is 2.45. The summed E-state index contributed by atoms with van der Waals surface area (Å²) >= 11 is 5.81. The zero-order chi connectivity index (χ0) is 13.2. The van der Waals surface area contributed by atoms with Crippen molar-refractivity contribution in [3.8, 4) is 0 Å².